The van der Waals surface area contributed by atoms with Crippen molar-refractivity contribution in [2.75, 3.05) is 6.54 Å². The van der Waals surface area contributed by atoms with Gasteiger partial charge in [-0.1, -0.05) is 38.1 Å². The van der Waals surface area contributed by atoms with E-state index in [0.717, 1.165) is 16.0 Å². The lowest BCUT2D eigenvalue weighted by Crippen LogP contribution is -2.46. The molecule has 0 aromatic heterocycles. The van der Waals surface area contributed by atoms with Crippen LogP contribution in [-0.4, -0.2) is 35.3 Å². The highest BCUT2D eigenvalue weighted by atomic mass is 16.2. The van der Waals surface area contributed by atoms with Crippen molar-refractivity contribution < 1.29 is 14.4 Å². The molecule has 7 nitrogen and oxygen atoms in total. The zero-order valence-corrected chi connectivity index (χ0v) is 14.2. The molecule has 0 unspecified atom stereocenters. The Hall–Kier alpha value is -2.88. The van der Waals surface area contributed by atoms with Crippen LogP contribution in [0.3, 0.4) is 0 Å². The molecule has 130 valence electrons. The van der Waals surface area contributed by atoms with Crippen LogP contribution in [0.15, 0.2) is 24.3 Å². The largest absolute Gasteiger partial charge is 0.339 e. The molecule has 1 aromatic rings. The van der Waals surface area contributed by atoms with Gasteiger partial charge in [-0.3, -0.25) is 14.5 Å². The monoisotopic (exact) mass is 340 g/mol. The molecule has 4 amide bonds. The van der Waals surface area contributed by atoms with Crippen molar-refractivity contribution in [1.82, 2.24) is 15.5 Å². The van der Waals surface area contributed by atoms with Gasteiger partial charge in [0.25, 0.3) is 5.91 Å². The molecule has 1 aliphatic heterocycles. The number of carbonyl (C=O) groups is 3. The third-order valence-electron chi connectivity index (χ3n) is 4.85. The van der Waals surface area contributed by atoms with Crippen LogP contribution in [-0.2, 0) is 21.5 Å². The van der Waals surface area contributed by atoms with Crippen molar-refractivity contribution >= 4 is 17.8 Å². The highest BCUT2D eigenvalue weighted by molar-refractivity contribution is 6.09. The van der Waals surface area contributed by atoms with Gasteiger partial charge >= 0.3 is 6.03 Å². The van der Waals surface area contributed by atoms with Gasteiger partial charge in [0, 0.05) is 0 Å². The molecule has 1 aliphatic carbocycles. The minimum Gasteiger partial charge on any atom is -0.339 e. The molecule has 3 rings (SSSR count). The van der Waals surface area contributed by atoms with E-state index in [1.54, 1.807) is 0 Å². The molecule has 25 heavy (non-hydrogen) atoms. The summed E-state index contributed by atoms with van der Waals surface area (Å²) >= 11 is 0. The summed E-state index contributed by atoms with van der Waals surface area (Å²) in [6.45, 7) is 3.23. The van der Waals surface area contributed by atoms with Crippen LogP contribution >= 0.6 is 0 Å². The first kappa shape index (κ1) is 17.0. The Bertz CT molecular complexity index is 783. The summed E-state index contributed by atoms with van der Waals surface area (Å²) in [4.78, 5) is 38.4. The minimum atomic E-state index is -1.07. The minimum absolute atomic E-state index is 0.0647. The lowest BCUT2D eigenvalue weighted by Gasteiger charge is -2.22. The molecular formula is C18H20N4O3. The van der Waals surface area contributed by atoms with Gasteiger partial charge in [-0.15, -0.1) is 0 Å². The normalized spacial score (nSPS) is 22.7. The van der Waals surface area contributed by atoms with Crippen molar-refractivity contribution in [3.05, 3.63) is 35.4 Å². The smallest absolute Gasteiger partial charge is 0.325 e. The van der Waals surface area contributed by atoms with Crippen molar-refractivity contribution in [2.45, 2.75) is 38.3 Å². The van der Waals surface area contributed by atoms with Gasteiger partial charge in [-0.05, 0) is 29.9 Å². The second kappa shape index (κ2) is 6.20. The van der Waals surface area contributed by atoms with E-state index in [4.69, 9.17) is 5.26 Å². The van der Waals surface area contributed by atoms with Crippen LogP contribution in [0, 0.1) is 17.2 Å². The van der Waals surface area contributed by atoms with E-state index < -0.39 is 29.4 Å². The van der Waals surface area contributed by atoms with Gasteiger partial charge in [-0.2, -0.15) is 5.26 Å². The molecule has 0 bridgehead atoms. The highest BCUT2D eigenvalue weighted by Crippen LogP contribution is 2.41. The maximum atomic E-state index is 12.9. The van der Waals surface area contributed by atoms with Crippen molar-refractivity contribution in [3.63, 3.8) is 0 Å². The molecule has 2 N–H and O–H groups in total. The summed E-state index contributed by atoms with van der Waals surface area (Å²) in [5.74, 6) is -0.993. The van der Waals surface area contributed by atoms with Crippen LogP contribution in [0.5, 0.6) is 0 Å². The number of fused-ring (bicyclic) bond motifs is 2. The van der Waals surface area contributed by atoms with E-state index in [1.165, 1.54) is 0 Å². The Balaban J connectivity index is 1.77. The number of imide groups is 1. The third kappa shape index (κ3) is 2.74. The molecule has 1 fully saturated rings. The number of amides is 4. The molecule has 1 heterocycles. The molecule has 7 heteroatoms. The average molecular weight is 340 g/mol. The lowest BCUT2D eigenvalue weighted by molar-refractivity contribution is -0.135. The number of urea groups is 1. The summed E-state index contributed by atoms with van der Waals surface area (Å²) < 4.78 is 0. The van der Waals surface area contributed by atoms with Crippen LogP contribution < -0.4 is 10.6 Å². The Morgan fingerprint density at radius 2 is 2.12 bits per heavy atom. The quantitative estimate of drug-likeness (QED) is 0.800. The second-order valence-corrected chi connectivity index (χ2v) is 6.80. The van der Waals surface area contributed by atoms with E-state index in [0.29, 0.717) is 12.8 Å². The summed E-state index contributed by atoms with van der Waals surface area (Å²) in [5, 5.41) is 14.4. The number of rotatable bonds is 4. The van der Waals surface area contributed by atoms with Gasteiger partial charge in [0.1, 0.15) is 18.1 Å². The molecule has 0 saturated carbocycles. The molecule has 2 atom stereocenters. The number of nitriles is 1. The van der Waals surface area contributed by atoms with Crippen LogP contribution in [0.2, 0.25) is 0 Å². The predicted molar refractivity (Wildman–Crippen MR) is 89.1 cm³/mol. The predicted octanol–water partition coefficient (Wildman–Crippen LogP) is 1.04. The first-order valence-corrected chi connectivity index (χ1v) is 8.30. The second-order valence-electron chi connectivity index (χ2n) is 6.80. The lowest BCUT2D eigenvalue weighted by atomic mass is 9.92. The summed E-state index contributed by atoms with van der Waals surface area (Å²) in [6.07, 6.45) is 1.19. The number of benzene rings is 1. The number of nitrogens with zero attached hydrogens (tertiary/aromatic N) is 2. The summed E-state index contributed by atoms with van der Waals surface area (Å²) in [5.41, 5.74) is 0.765. The summed E-state index contributed by atoms with van der Waals surface area (Å²) in [6, 6.07) is 8.29. The topological polar surface area (TPSA) is 102 Å². The van der Waals surface area contributed by atoms with Gasteiger partial charge in [0.15, 0.2) is 0 Å². The molecule has 0 radical (unpaired) electrons. The Labute approximate surface area is 146 Å². The van der Waals surface area contributed by atoms with E-state index >= 15 is 0 Å². The third-order valence-corrected chi connectivity index (χ3v) is 4.85. The number of aryl methyl sites for hydroxylation is 1. The van der Waals surface area contributed by atoms with Gasteiger partial charge < -0.3 is 10.6 Å². The zero-order chi connectivity index (χ0) is 18.2. The van der Waals surface area contributed by atoms with E-state index in [9.17, 15) is 14.4 Å². The van der Waals surface area contributed by atoms with Crippen molar-refractivity contribution in [1.29, 1.82) is 5.26 Å². The average Bonchev–Trinajstić information content (AvgIpc) is 3.06. The van der Waals surface area contributed by atoms with Gasteiger partial charge in [0.05, 0.1) is 6.07 Å². The first-order valence-electron chi connectivity index (χ1n) is 8.30. The first-order chi connectivity index (χ1) is 11.9. The summed E-state index contributed by atoms with van der Waals surface area (Å²) in [7, 11) is 0. The number of nitrogens with one attached hydrogen (secondary N) is 2. The zero-order valence-electron chi connectivity index (χ0n) is 14.2. The van der Waals surface area contributed by atoms with E-state index in [1.807, 2.05) is 44.2 Å². The number of hydrogen-bond acceptors (Lipinski definition) is 4. The Kier molecular flexibility index (Phi) is 4.21. The number of hydrogen-bond donors (Lipinski definition) is 2. The van der Waals surface area contributed by atoms with Crippen LogP contribution in [0.25, 0.3) is 0 Å². The fourth-order valence-electron chi connectivity index (χ4n) is 3.44. The molecule has 1 saturated heterocycles. The SMILES string of the molecule is CC(C)[C@H](C#N)NC(=O)CN1C(=O)N[C@]2(CCc3ccccc32)C1=O. The number of carbonyl (C=O) groups excluding carboxylic acids is 3. The maximum absolute atomic E-state index is 12.9. The standard InChI is InChI=1S/C18H20N4O3/c1-11(2)14(9-19)20-15(23)10-22-16(24)18(21-17(22)25)8-7-12-5-3-4-6-13(12)18/h3-6,11,14H,7-8,10H2,1-2H3,(H,20,23)(H,21,25)/t14-,18-/m0/s1. The molecule has 1 aromatic carbocycles. The van der Waals surface area contributed by atoms with Crippen molar-refractivity contribution in [3.8, 4) is 6.07 Å². The van der Waals surface area contributed by atoms with E-state index in [-0.39, 0.29) is 12.5 Å². The molecular weight excluding hydrogens is 320 g/mol. The Morgan fingerprint density at radius 3 is 2.80 bits per heavy atom. The molecule has 2 aliphatic rings. The molecule has 1 spiro atoms. The fourth-order valence-corrected chi connectivity index (χ4v) is 3.44. The van der Waals surface area contributed by atoms with Gasteiger partial charge in [0.2, 0.25) is 5.91 Å². The fraction of sp³-hybridized carbons (Fsp3) is 0.444. The van der Waals surface area contributed by atoms with Crippen LogP contribution in [0.4, 0.5) is 4.79 Å². The van der Waals surface area contributed by atoms with Crippen molar-refractivity contribution in [2.24, 2.45) is 5.92 Å². The van der Waals surface area contributed by atoms with E-state index in [2.05, 4.69) is 10.6 Å². The maximum Gasteiger partial charge on any atom is 0.325 e. The van der Waals surface area contributed by atoms with Gasteiger partial charge in [-0.25, -0.2) is 4.79 Å². The highest BCUT2D eigenvalue weighted by Gasteiger charge is 2.55. The van der Waals surface area contributed by atoms with Crippen LogP contribution in [0.1, 0.15) is 31.4 Å². The Morgan fingerprint density at radius 1 is 1.40 bits per heavy atom.